The summed E-state index contributed by atoms with van der Waals surface area (Å²) in [5, 5.41) is 11.8. The first-order valence-corrected chi connectivity index (χ1v) is 6.47. The van der Waals surface area contributed by atoms with Crippen LogP contribution in [0, 0.1) is 19.7 Å². The minimum atomic E-state index is -0.328. The van der Waals surface area contributed by atoms with Gasteiger partial charge in [-0.3, -0.25) is 0 Å². The molecule has 1 heterocycles. The first kappa shape index (κ1) is 13.2. The molecule has 0 aliphatic heterocycles. The Kier molecular flexibility index (Phi) is 3.13. The molecule has 3 aromatic rings. The van der Waals surface area contributed by atoms with Crippen molar-refractivity contribution in [2.24, 2.45) is 0 Å². The van der Waals surface area contributed by atoms with Crippen molar-refractivity contribution in [2.45, 2.75) is 13.8 Å². The van der Waals surface area contributed by atoms with Gasteiger partial charge in [-0.25, -0.2) is 4.39 Å². The Morgan fingerprint density at radius 2 is 1.86 bits per heavy atom. The highest BCUT2D eigenvalue weighted by Crippen LogP contribution is 2.26. The quantitative estimate of drug-likeness (QED) is 0.734. The molecule has 0 atom stereocenters. The largest absolute Gasteiger partial charge is 0.399 e. The molecule has 6 heteroatoms. The molecule has 21 heavy (non-hydrogen) atoms. The van der Waals surface area contributed by atoms with Crippen LogP contribution in [0.15, 0.2) is 36.4 Å². The van der Waals surface area contributed by atoms with Crippen molar-refractivity contribution >= 4 is 5.69 Å². The number of hydrogen-bond donors (Lipinski definition) is 1. The molecule has 3 rings (SSSR count). The Hall–Kier alpha value is -2.76. The second kappa shape index (κ2) is 4.97. The van der Waals surface area contributed by atoms with E-state index >= 15 is 0 Å². The van der Waals surface area contributed by atoms with E-state index in [9.17, 15) is 4.39 Å². The van der Waals surface area contributed by atoms with Crippen molar-refractivity contribution in [2.75, 3.05) is 5.73 Å². The predicted molar refractivity (Wildman–Crippen MR) is 78.4 cm³/mol. The van der Waals surface area contributed by atoms with Crippen molar-refractivity contribution in [3.8, 4) is 17.1 Å². The van der Waals surface area contributed by atoms with Gasteiger partial charge in [0.1, 0.15) is 5.82 Å². The maximum Gasteiger partial charge on any atom is 0.187 e. The summed E-state index contributed by atoms with van der Waals surface area (Å²) in [6.07, 6.45) is 0. The van der Waals surface area contributed by atoms with Gasteiger partial charge < -0.3 is 5.73 Å². The van der Waals surface area contributed by atoms with Gasteiger partial charge in [-0.05, 0) is 65.7 Å². The average Bonchev–Trinajstić information content (AvgIpc) is 2.90. The van der Waals surface area contributed by atoms with Crippen molar-refractivity contribution in [3.63, 3.8) is 0 Å². The van der Waals surface area contributed by atoms with E-state index in [0.717, 1.165) is 16.7 Å². The molecule has 0 radical (unpaired) electrons. The fraction of sp³-hybridized carbons (Fsp3) is 0.133. The second-order valence-electron chi connectivity index (χ2n) is 4.92. The number of nitrogen functional groups attached to an aromatic ring is 1. The SMILES string of the molecule is Cc1cc(N)ccc1-c1nnnn1-c1cc(F)ccc1C. The van der Waals surface area contributed by atoms with Gasteiger partial charge in [-0.2, -0.15) is 4.68 Å². The summed E-state index contributed by atoms with van der Waals surface area (Å²) in [5.74, 6) is 0.229. The Bertz CT molecular complexity index is 810. The van der Waals surface area contributed by atoms with Crippen LogP contribution in [-0.2, 0) is 0 Å². The van der Waals surface area contributed by atoms with Gasteiger partial charge in [0, 0.05) is 11.3 Å². The molecule has 0 bridgehead atoms. The fourth-order valence-electron chi connectivity index (χ4n) is 2.27. The van der Waals surface area contributed by atoms with Crippen LogP contribution in [0.2, 0.25) is 0 Å². The molecule has 0 saturated carbocycles. The van der Waals surface area contributed by atoms with E-state index < -0.39 is 0 Å². The lowest BCUT2D eigenvalue weighted by Crippen LogP contribution is -2.03. The molecule has 2 aromatic carbocycles. The highest BCUT2D eigenvalue weighted by molar-refractivity contribution is 5.65. The molecule has 0 spiro atoms. The number of tetrazole rings is 1. The van der Waals surface area contributed by atoms with Gasteiger partial charge in [0.25, 0.3) is 0 Å². The number of aromatic nitrogens is 4. The first-order chi connectivity index (χ1) is 10.1. The number of halogens is 1. The third-order valence-corrected chi connectivity index (χ3v) is 3.36. The number of aryl methyl sites for hydroxylation is 2. The van der Waals surface area contributed by atoms with Crippen molar-refractivity contribution in [3.05, 3.63) is 53.3 Å². The van der Waals surface area contributed by atoms with E-state index in [2.05, 4.69) is 15.5 Å². The maximum absolute atomic E-state index is 13.5. The van der Waals surface area contributed by atoms with Gasteiger partial charge in [0.05, 0.1) is 5.69 Å². The van der Waals surface area contributed by atoms with E-state index in [0.29, 0.717) is 17.2 Å². The van der Waals surface area contributed by atoms with Crippen LogP contribution in [0.4, 0.5) is 10.1 Å². The zero-order valence-corrected chi connectivity index (χ0v) is 11.7. The Morgan fingerprint density at radius 1 is 1.05 bits per heavy atom. The molecule has 0 saturated heterocycles. The van der Waals surface area contributed by atoms with Crippen molar-refractivity contribution in [1.82, 2.24) is 20.2 Å². The Balaban J connectivity index is 2.19. The monoisotopic (exact) mass is 283 g/mol. The number of hydrogen-bond acceptors (Lipinski definition) is 4. The summed E-state index contributed by atoms with van der Waals surface area (Å²) < 4.78 is 15.0. The van der Waals surface area contributed by atoms with Crippen LogP contribution in [0.3, 0.4) is 0 Å². The number of nitrogens with zero attached hydrogens (tertiary/aromatic N) is 4. The van der Waals surface area contributed by atoms with E-state index in [-0.39, 0.29) is 5.82 Å². The summed E-state index contributed by atoms with van der Waals surface area (Å²) in [5.41, 5.74) is 9.77. The summed E-state index contributed by atoms with van der Waals surface area (Å²) in [6, 6.07) is 10.0. The molecule has 5 nitrogen and oxygen atoms in total. The molecule has 0 aliphatic carbocycles. The van der Waals surface area contributed by atoms with E-state index in [1.54, 1.807) is 12.1 Å². The van der Waals surface area contributed by atoms with E-state index in [1.807, 2.05) is 26.0 Å². The standard InChI is InChI=1S/C15H14FN5/c1-9-3-4-11(16)8-14(9)21-15(18-19-20-21)13-6-5-12(17)7-10(13)2/h3-8H,17H2,1-2H3. The highest BCUT2D eigenvalue weighted by Gasteiger charge is 2.15. The lowest BCUT2D eigenvalue weighted by molar-refractivity contribution is 0.624. The molecule has 106 valence electrons. The van der Waals surface area contributed by atoms with Crippen LogP contribution >= 0.6 is 0 Å². The zero-order valence-electron chi connectivity index (χ0n) is 11.7. The minimum Gasteiger partial charge on any atom is -0.399 e. The number of anilines is 1. The van der Waals surface area contributed by atoms with Crippen LogP contribution in [0.5, 0.6) is 0 Å². The maximum atomic E-state index is 13.5. The molecule has 0 aliphatic rings. The smallest absolute Gasteiger partial charge is 0.187 e. The van der Waals surface area contributed by atoms with Crippen molar-refractivity contribution in [1.29, 1.82) is 0 Å². The lowest BCUT2D eigenvalue weighted by atomic mass is 10.1. The number of nitrogens with two attached hydrogens (primary N) is 1. The summed E-state index contributed by atoms with van der Waals surface area (Å²) in [6.45, 7) is 3.82. The number of rotatable bonds is 2. The van der Waals surface area contributed by atoms with Gasteiger partial charge in [-0.1, -0.05) is 6.07 Å². The third kappa shape index (κ3) is 2.35. The minimum absolute atomic E-state index is 0.328. The summed E-state index contributed by atoms with van der Waals surface area (Å²) in [7, 11) is 0. The highest BCUT2D eigenvalue weighted by atomic mass is 19.1. The molecule has 0 amide bonds. The lowest BCUT2D eigenvalue weighted by Gasteiger charge is -2.10. The van der Waals surface area contributed by atoms with E-state index in [4.69, 9.17) is 5.73 Å². The van der Waals surface area contributed by atoms with Crippen LogP contribution in [0.1, 0.15) is 11.1 Å². The van der Waals surface area contributed by atoms with Gasteiger partial charge in [-0.15, -0.1) is 5.10 Å². The second-order valence-corrected chi connectivity index (χ2v) is 4.92. The predicted octanol–water partition coefficient (Wildman–Crippen LogP) is 2.67. The molecule has 2 N–H and O–H groups in total. The number of benzene rings is 2. The summed E-state index contributed by atoms with van der Waals surface area (Å²) >= 11 is 0. The van der Waals surface area contributed by atoms with E-state index in [1.165, 1.54) is 16.8 Å². The average molecular weight is 283 g/mol. The Labute approximate surface area is 121 Å². The van der Waals surface area contributed by atoms with Crippen LogP contribution in [-0.4, -0.2) is 20.2 Å². The molecular weight excluding hydrogens is 269 g/mol. The first-order valence-electron chi connectivity index (χ1n) is 6.47. The summed E-state index contributed by atoms with van der Waals surface area (Å²) in [4.78, 5) is 0. The van der Waals surface area contributed by atoms with Crippen LogP contribution < -0.4 is 5.73 Å². The van der Waals surface area contributed by atoms with Gasteiger partial charge in [0.2, 0.25) is 0 Å². The van der Waals surface area contributed by atoms with Gasteiger partial charge >= 0.3 is 0 Å². The van der Waals surface area contributed by atoms with Crippen LogP contribution in [0.25, 0.3) is 17.1 Å². The molecule has 0 unspecified atom stereocenters. The topological polar surface area (TPSA) is 69.6 Å². The van der Waals surface area contributed by atoms with Crippen molar-refractivity contribution < 1.29 is 4.39 Å². The molecule has 1 aromatic heterocycles. The fourth-order valence-corrected chi connectivity index (χ4v) is 2.27. The molecule has 0 fully saturated rings. The third-order valence-electron chi connectivity index (χ3n) is 3.36. The Morgan fingerprint density at radius 3 is 2.62 bits per heavy atom. The zero-order chi connectivity index (χ0) is 15.0. The molecular formula is C15H14FN5. The van der Waals surface area contributed by atoms with Gasteiger partial charge in [0.15, 0.2) is 5.82 Å². The normalized spacial score (nSPS) is 10.8.